The fourth-order valence-corrected chi connectivity index (χ4v) is 2.91. The van der Waals surface area contributed by atoms with E-state index in [2.05, 4.69) is 21.0 Å². The number of ether oxygens (including phenoxy) is 1. The Balaban J connectivity index is 2.13. The summed E-state index contributed by atoms with van der Waals surface area (Å²) in [7, 11) is 1.88. The number of rotatable bonds is 6. The molecule has 0 aliphatic carbocycles. The highest BCUT2D eigenvalue weighted by atomic mass is 79.9. The summed E-state index contributed by atoms with van der Waals surface area (Å²) in [5.74, 6) is 0.803. The van der Waals surface area contributed by atoms with Gasteiger partial charge in [0.05, 0.1) is 16.4 Å². The van der Waals surface area contributed by atoms with E-state index in [-0.39, 0.29) is 0 Å². The van der Waals surface area contributed by atoms with E-state index in [0.29, 0.717) is 18.2 Å². The van der Waals surface area contributed by atoms with Crippen molar-refractivity contribution in [3.8, 4) is 5.75 Å². The zero-order valence-electron chi connectivity index (χ0n) is 12.2. The Kier molecular flexibility index (Phi) is 5.67. The molecule has 0 atom stereocenters. The molecule has 2 N–H and O–H groups in total. The molecule has 21 heavy (non-hydrogen) atoms. The van der Waals surface area contributed by atoms with Crippen LogP contribution in [0.2, 0.25) is 5.02 Å². The maximum Gasteiger partial charge on any atom is 0.131 e. The zero-order chi connectivity index (χ0) is 15.4. The highest BCUT2D eigenvalue weighted by molar-refractivity contribution is 9.10. The van der Waals surface area contributed by atoms with Gasteiger partial charge in [0.1, 0.15) is 12.4 Å². The standard InChI is InChI=1S/C15H19BrClN3O/c1-3-13-15(17)14(20(2)19-13)9-21-11-4-5-12(16)10(8-11)6-7-18/h4-5,8H,3,6-7,9,18H2,1-2H3. The number of nitrogens with two attached hydrogens (primary N) is 1. The number of nitrogens with zero attached hydrogens (tertiary/aromatic N) is 2. The second-order valence-electron chi connectivity index (χ2n) is 4.77. The van der Waals surface area contributed by atoms with Gasteiger partial charge in [-0.2, -0.15) is 5.10 Å². The van der Waals surface area contributed by atoms with Crippen LogP contribution in [0.15, 0.2) is 22.7 Å². The van der Waals surface area contributed by atoms with Gasteiger partial charge in [-0.3, -0.25) is 4.68 Å². The lowest BCUT2D eigenvalue weighted by Gasteiger charge is -2.10. The van der Waals surface area contributed by atoms with Crippen LogP contribution < -0.4 is 10.5 Å². The molecular weight excluding hydrogens is 354 g/mol. The van der Waals surface area contributed by atoms with Crippen LogP contribution in [0.3, 0.4) is 0 Å². The lowest BCUT2D eigenvalue weighted by molar-refractivity contribution is 0.294. The van der Waals surface area contributed by atoms with E-state index in [1.54, 1.807) is 4.68 Å². The van der Waals surface area contributed by atoms with E-state index in [9.17, 15) is 0 Å². The predicted molar refractivity (Wildman–Crippen MR) is 88.8 cm³/mol. The second kappa shape index (κ2) is 7.29. The molecule has 0 fully saturated rings. The Morgan fingerprint density at radius 1 is 1.43 bits per heavy atom. The quantitative estimate of drug-likeness (QED) is 0.844. The molecule has 0 aliphatic heterocycles. The maximum atomic E-state index is 6.31. The summed E-state index contributed by atoms with van der Waals surface area (Å²) in [4.78, 5) is 0. The first kappa shape index (κ1) is 16.3. The minimum Gasteiger partial charge on any atom is -0.487 e. The predicted octanol–water partition coefficient (Wildman–Crippen LogP) is 3.48. The third-order valence-electron chi connectivity index (χ3n) is 3.31. The minimum absolute atomic E-state index is 0.395. The second-order valence-corrected chi connectivity index (χ2v) is 6.00. The molecule has 0 radical (unpaired) electrons. The van der Waals surface area contributed by atoms with Gasteiger partial charge < -0.3 is 10.5 Å². The molecule has 0 saturated carbocycles. The zero-order valence-corrected chi connectivity index (χ0v) is 14.5. The van der Waals surface area contributed by atoms with Crippen LogP contribution in [0.1, 0.15) is 23.9 Å². The molecule has 0 saturated heterocycles. The third-order valence-corrected chi connectivity index (χ3v) is 4.52. The summed E-state index contributed by atoms with van der Waals surface area (Å²) in [6.45, 7) is 3.04. The van der Waals surface area contributed by atoms with Crippen LogP contribution in [-0.4, -0.2) is 16.3 Å². The Morgan fingerprint density at radius 3 is 2.81 bits per heavy atom. The fraction of sp³-hybridized carbons (Fsp3) is 0.400. The third kappa shape index (κ3) is 3.78. The van der Waals surface area contributed by atoms with Gasteiger partial charge in [0.25, 0.3) is 0 Å². The van der Waals surface area contributed by atoms with Gasteiger partial charge in [0.15, 0.2) is 0 Å². The Bertz CT molecular complexity index is 628. The van der Waals surface area contributed by atoms with E-state index in [0.717, 1.165) is 40.0 Å². The monoisotopic (exact) mass is 371 g/mol. The summed E-state index contributed by atoms with van der Waals surface area (Å²) in [6.07, 6.45) is 1.62. The lowest BCUT2D eigenvalue weighted by Crippen LogP contribution is -2.05. The summed E-state index contributed by atoms with van der Waals surface area (Å²) in [6, 6.07) is 5.90. The summed E-state index contributed by atoms with van der Waals surface area (Å²) < 4.78 is 8.67. The van der Waals surface area contributed by atoms with E-state index in [1.165, 1.54) is 0 Å². The molecular formula is C15H19BrClN3O. The molecule has 0 amide bonds. The molecule has 4 nitrogen and oxygen atoms in total. The summed E-state index contributed by atoms with van der Waals surface area (Å²) in [5.41, 5.74) is 8.54. The molecule has 2 rings (SSSR count). The van der Waals surface area contributed by atoms with Crippen molar-refractivity contribution >= 4 is 27.5 Å². The molecule has 2 aromatic rings. The van der Waals surface area contributed by atoms with Crippen molar-refractivity contribution < 1.29 is 4.74 Å². The number of hydrogen-bond donors (Lipinski definition) is 1. The molecule has 6 heteroatoms. The van der Waals surface area contributed by atoms with E-state index >= 15 is 0 Å². The number of aryl methyl sites for hydroxylation is 2. The number of halogens is 2. The Hall–Kier alpha value is -1.04. The molecule has 0 aliphatic rings. The SMILES string of the molecule is CCc1nn(C)c(COc2ccc(Br)c(CCN)c2)c1Cl. The maximum absolute atomic E-state index is 6.31. The van der Waals surface area contributed by atoms with Gasteiger partial charge in [0.2, 0.25) is 0 Å². The van der Waals surface area contributed by atoms with Gasteiger partial charge >= 0.3 is 0 Å². The molecule has 114 valence electrons. The average Bonchev–Trinajstić information content (AvgIpc) is 2.74. The molecule has 1 aromatic heterocycles. The van der Waals surface area contributed by atoms with Crippen molar-refractivity contribution in [3.05, 3.63) is 44.6 Å². The van der Waals surface area contributed by atoms with Crippen LogP contribution in [0.5, 0.6) is 5.75 Å². The Labute approximate surface area is 138 Å². The van der Waals surface area contributed by atoms with Crippen LogP contribution in [0.25, 0.3) is 0 Å². The van der Waals surface area contributed by atoms with Crippen molar-refractivity contribution in [2.75, 3.05) is 6.54 Å². The fourth-order valence-electron chi connectivity index (χ4n) is 2.12. The average molecular weight is 373 g/mol. The van der Waals surface area contributed by atoms with Crippen LogP contribution >= 0.6 is 27.5 Å². The first-order chi connectivity index (χ1) is 10.1. The van der Waals surface area contributed by atoms with Crippen molar-refractivity contribution in [2.24, 2.45) is 12.8 Å². The smallest absolute Gasteiger partial charge is 0.131 e. The molecule has 1 aromatic carbocycles. The largest absolute Gasteiger partial charge is 0.487 e. The van der Waals surface area contributed by atoms with Gasteiger partial charge in [-0.15, -0.1) is 0 Å². The van der Waals surface area contributed by atoms with E-state index in [1.807, 2.05) is 32.2 Å². The summed E-state index contributed by atoms with van der Waals surface area (Å²) >= 11 is 9.83. The van der Waals surface area contributed by atoms with Crippen LogP contribution in [0.4, 0.5) is 0 Å². The van der Waals surface area contributed by atoms with Gasteiger partial charge in [-0.05, 0) is 43.1 Å². The van der Waals surface area contributed by atoms with Gasteiger partial charge in [-0.25, -0.2) is 0 Å². The van der Waals surface area contributed by atoms with E-state index in [4.69, 9.17) is 22.1 Å². The van der Waals surface area contributed by atoms with E-state index < -0.39 is 0 Å². The minimum atomic E-state index is 0.395. The molecule has 1 heterocycles. The topological polar surface area (TPSA) is 53.1 Å². The van der Waals surface area contributed by atoms with Crippen molar-refractivity contribution in [2.45, 2.75) is 26.4 Å². The number of aromatic nitrogens is 2. The van der Waals surface area contributed by atoms with Gasteiger partial charge in [0, 0.05) is 11.5 Å². The molecule has 0 unspecified atom stereocenters. The number of hydrogen-bond acceptors (Lipinski definition) is 3. The normalized spacial score (nSPS) is 10.9. The lowest BCUT2D eigenvalue weighted by atomic mass is 10.1. The van der Waals surface area contributed by atoms with Crippen LogP contribution in [0, 0.1) is 0 Å². The van der Waals surface area contributed by atoms with Crippen molar-refractivity contribution in [3.63, 3.8) is 0 Å². The van der Waals surface area contributed by atoms with Crippen LogP contribution in [-0.2, 0) is 26.5 Å². The van der Waals surface area contributed by atoms with Crippen molar-refractivity contribution in [1.82, 2.24) is 9.78 Å². The first-order valence-corrected chi connectivity index (χ1v) is 8.05. The molecule has 0 bridgehead atoms. The molecule has 0 spiro atoms. The summed E-state index contributed by atoms with van der Waals surface area (Å²) in [5, 5.41) is 5.08. The highest BCUT2D eigenvalue weighted by Crippen LogP contribution is 2.25. The number of benzene rings is 1. The van der Waals surface area contributed by atoms with Crippen molar-refractivity contribution in [1.29, 1.82) is 0 Å². The Morgan fingerprint density at radius 2 is 2.19 bits per heavy atom. The van der Waals surface area contributed by atoms with Gasteiger partial charge in [-0.1, -0.05) is 34.5 Å². The highest BCUT2D eigenvalue weighted by Gasteiger charge is 2.13. The first-order valence-electron chi connectivity index (χ1n) is 6.88.